The average molecular weight is 143 g/mol. The van der Waals surface area contributed by atoms with Crippen LogP contribution in [-0.4, -0.2) is 37.6 Å². The zero-order valence-corrected chi connectivity index (χ0v) is 6.68. The first kappa shape index (κ1) is 7.54. The zero-order valence-electron chi connectivity index (χ0n) is 6.68. The molecule has 0 N–H and O–H groups in total. The normalized spacial score (nSPS) is 20.8. The Morgan fingerprint density at radius 2 is 2.00 bits per heavy atom. The van der Waals surface area contributed by atoms with Gasteiger partial charge >= 0.3 is 5.97 Å². The van der Waals surface area contributed by atoms with E-state index < -0.39 is 0 Å². The topological polar surface area (TPSA) is 29.5 Å². The molecule has 3 heteroatoms. The summed E-state index contributed by atoms with van der Waals surface area (Å²) in [5.41, 5.74) is -0.269. The Kier molecular flexibility index (Phi) is 1.68. The van der Waals surface area contributed by atoms with Crippen molar-refractivity contribution in [1.82, 2.24) is 4.90 Å². The lowest BCUT2D eigenvalue weighted by Crippen LogP contribution is -2.38. The molecule has 1 saturated carbocycles. The molecule has 0 aromatic heterocycles. The summed E-state index contributed by atoms with van der Waals surface area (Å²) in [5, 5.41) is 0. The van der Waals surface area contributed by atoms with Crippen LogP contribution in [0.25, 0.3) is 0 Å². The summed E-state index contributed by atoms with van der Waals surface area (Å²) < 4.78 is 4.66. The first-order valence-corrected chi connectivity index (χ1v) is 3.39. The molecule has 0 saturated heterocycles. The van der Waals surface area contributed by atoms with Gasteiger partial charge in [0, 0.05) is 0 Å². The molecule has 1 aliphatic rings. The number of carbonyl (C=O) groups excluding carboxylic acids is 1. The van der Waals surface area contributed by atoms with Crippen LogP contribution in [0.5, 0.6) is 0 Å². The molecular formula is C7H13NO2. The van der Waals surface area contributed by atoms with Gasteiger partial charge in [-0.05, 0) is 26.9 Å². The van der Waals surface area contributed by atoms with E-state index in [1.165, 1.54) is 7.11 Å². The van der Waals surface area contributed by atoms with Gasteiger partial charge in [0.2, 0.25) is 0 Å². The standard InChI is InChI=1S/C7H13NO2/c1-8(2)7(4-5-7)6(9)10-3/h4-5H2,1-3H3. The summed E-state index contributed by atoms with van der Waals surface area (Å²) in [7, 11) is 5.25. The van der Waals surface area contributed by atoms with Crippen molar-refractivity contribution < 1.29 is 9.53 Å². The molecule has 0 amide bonds. The van der Waals surface area contributed by atoms with Crippen LogP contribution in [0, 0.1) is 0 Å². The average Bonchev–Trinajstić information content (AvgIpc) is 2.65. The number of ether oxygens (including phenoxy) is 1. The number of nitrogens with zero attached hydrogens (tertiary/aromatic N) is 1. The van der Waals surface area contributed by atoms with E-state index in [4.69, 9.17) is 0 Å². The van der Waals surface area contributed by atoms with Crippen molar-refractivity contribution in [1.29, 1.82) is 0 Å². The molecule has 0 aromatic rings. The maximum absolute atomic E-state index is 11.1. The predicted octanol–water partition coefficient (Wildman–Crippen LogP) is 0.254. The molecule has 0 unspecified atom stereocenters. The summed E-state index contributed by atoms with van der Waals surface area (Å²) in [4.78, 5) is 13.0. The number of carbonyl (C=O) groups is 1. The number of hydrogen-bond donors (Lipinski definition) is 0. The van der Waals surface area contributed by atoms with Crippen LogP contribution in [0.4, 0.5) is 0 Å². The Labute approximate surface area is 61.0 Å². The molecule has 0 aliphatic heterocycles. The number of hydrogen-bond acceptors (Lipinski definition) is 3. The molecular weight excluding hydrogens is 130 g/mol. The van der Waals surface area contributed by atoms with Crippen LogP contribution in [0.15, 0.2) is 0 Å². The van der Waals surface area contributed by atoms with E-state index in [9.17, 15) is 4.79 Å². The second-order valence-corrected chi connectivity index (χ2v) is 2.92. The highest BCUT2D eigenvalue weighted by Gasteiger charge is 2.53. The first-order valence-electron chi connectivity index (χ1n) is 3.39. The summed E-state index contributed by atoms with van der Waals surface area (Å²) in [6, 6.07) is 0. The van der Waals surface area contributed by atoms with Gasteiger partial charge in [-0.3, -0.25) is 9.69 Å². The third kappa shape index (κ3) is 0.904. The first-order chi connectivity index (χ1) is 4.63. The molecule has 0 spiro atoms. The van der Waals surface area contributed by atoms with Gasteiger partial charge in [0.1, 0.15) is 5.54 Å². The lowest BCUT2D eigenvalue weighted by Gasteiger charge is -2.20. The predicted molar refractivity (Wildman–Crippen MR) is 37.7 cm³/mol. The molecule has 10 heavy (non-hydrogen) atoms. The number of likely N-dealkylation sites (N-methyl/N-ethyl adjacent to an activating group) is 1. The molecule has 3 nitrogen and oxygen atoms in total. The molecule has 1 fully saturated rings. The van der Waals surface area contributed by atoms with Crippen molar-refractivity contribution in [3.05, 3.63) is 0 Å². The molecule has 1 aliphatic carbocycles. The van der Waals surface area contributed by atoms with Gasteiger partial charge in [0.15, 0.2) is 0 Å². The van der Waals surface area contributed by atoms with E-state index in [0.717, 1.165) is 12.8 Å². The Balaban J connectivity index is 2.60. The van der Waals surface area contributed by atoms with E-state index >= 15 is 0 Å². The lowest BCUT2D eigenvalue weighted by molar-refractivity contribution is -0.147. The van der Waals surface area contributed by atoms with E-state index in [1.807, 2.05) is 19.0 Å². The van der Waals surface area contributed by atoms with Gasteiger partial charge in [0.05, 0.1) is 7.11 Å². The maximum Gasteiger partial charge on any atom is 0.326 e. The molecule has 0 heterocycles. The summed E-state index contributed by atoms with van der Waals surface area (Å²) in [6.45, 7) is 0. The quantitative estimate of drug-likeness (QED) is 0.519. The van der Waals surface area contributed by atoms with E-state index in [2.05, 4.69) is 4.74 Å². The maximum atomic E-state index is 11.1. The van der Waals surface area contributed by atoms with Crippen LogP contribution >= 0.6 is 0 Å². The van der Waals surface area contributed by atoms with Crippen molar-refractivity contribution in [3.8, 4) is 0 Å². The lowest BCUT2D eigenvalue weighted by atomic mass is 10.2. The molecule has 0 radical (unpaired) electrons. The van der Waals surface area contributed by atoms with E-state index in [1.54, 1.807) is 0 Å². The molecule has 58 valence electrons. The Hall–Kier alpha value is -0.570. The fourth-order valence-electron chi connectivity index (χ4n) is 1.14. The Morgan fingerprint density at radius 1 is 1.50 bits per heavy atom. The second-order valence-electron chi connectivity index (χ2n) is 2.92. The largest absolute Gasteiger partial charge is 0.468 e. The van der Waals surface area contributed by atoms with E-state index in [0.29, 0.717) is 0 Å². The van der Waals surface area contributed by atoms with Crippen molar-refractivity contribution in [3.63, 3.8) is 0 Å². The van der Waals surface area contributed by atoms with Crippen molar-refractivity contribution in [2.45, 2.75) is 18.4 Å². The fraction of sp³-hybridized carbons (Fsp3) is 0.857. The van der Waals surface area contributed by atoms with Gasteiger partial charge in [-0.25, -0.2) is 0 Å². The van der Waals surface area contributed by atoms with Crippen molar-refractivity contribution in [2.75, 3.05) is 21.2 Å². The third-order valence-electron chi connectivity index (χ3n) is 2.15. The SMILES string of the molecule is COC(=O)C1(N(C)C)CC1. The van der Waals surface area contributed by atoms with Crippen LogP contribution in [-0.2, 0) is 9.53 Å². The Bertz CT molecular complexity index is 150. The van der Waals surface area contributed by atoms with Crippen LogP contribution in [0.1, 0.15) is 12.8 Å². The van der Waals surface area contributed by atoms with Crippen molar-refractivity contribution >= 4 is 5.97 Å². The molecule has 0 bridgehead atoms. The molecule has 0 aromatic carbocycles. The zero-order chi connectivity index (χ0) is 7.78. The smallest absolute Gasteiger partial charge is 0.326 e. The van der Waals surface area contributed by atoms with E-state index in [-0.39, 0.29) is 11.5 Å². The number of rotatable bonds is 2. The minimum atomic E-state index is -0.269. The van der Waals surface area contributed by atoms with Crippen LogP contribution < -0.4 is 0 Å². The second kappa shape index (κ2) is 2.23. The van der Waals surface area contributed by atoms with Crippen LogP contribution in [0.2, 0.25) is 0 Å². The molecule has 1 rings (SSSR count). The number of esters is 1. The Morgan fingerprint density at radius 3 is 2.10 bits per heavy atom. The number of methoxy groups -OCH3 is 1. The van der Waals surface area contributed by atoms with Gasteiger partial charge in [-0.15, -0.1) is 0 Å². The van der Waals surface area contributed by atoms with Gasteiger partial charge < -0.3 is 4.74 Å². The minimum Gasteiger partial charge on any atom is -0.468 e. The van der Waals surface area contributed by atoms with Gasteiger partial charge in [0.25, 0.3) is 0 Å². The highest BCUT2D eigenvalue weighted by atomic mass is 16.5. The highest BCUT2D eigenvalue weighted by Crippen LogP contribution is 2.40. The highest BCUT2D eigenvalue weighted by molar-refractivity contribution is 5.84. The minimum absolute atomic E-state index is 0.0995. The summed E-state index contributed by atoms with van der Waals surface area (Å²) >= 11 is 0. The molecule has 0 atom stereocenters. The summed E-state index contributed by atoms with van der Waals surface area (Å²) in [5.74, 6) is -0.0995. The third-order valence-corrected chi connectivity index (χ3v) is 2.15. The summed E-state index contributed by atoms with van der Waals surface area (Å²) in [6.07, 6.45) is 1.87. The van der Waals surface area contributed by atoms with Gasteiger partial charge in [-0.2, -0.15) is 0 Å². The van der Waals surface area contributed by atoms with Crippen LogP contribution in [0.3, 0.4) is 0 Å². The monoisotopic (exact) mass is 143 g/mol. The van der Waals surface area contributed by atoms with Crippen molar-refractivity contribution in [2.24, 2.45) is 0 Å². The fourth-order valence-corrected chi connectivity index (χ4v) is 1.14. The van der Waals surface area contributed by atoms with Gasteiger partial charge in [-0.1, -0.05) is 0 Å².